The van der Waals surface area contributed by atoms with Gasteiger partial charge in [0.15, 0.2) is 11.5 Å². The highest BCUT2D eigenvalue weighted by Gasteiger charge is 2.35. The van der Waals surface area contributed by atoms with Crippen molar-refractivity contribution in [3.8, 4) is 0 Å². The van der Waals surface area contributed by atoms with Crippen LogP contribution >= 0.6 is 24.2 Å². The molecular weight excluding hydrogens is 882 g/mol. The van der Waals surface area contributed by atoms with Gasteiger partial charge in [-0.2, -0.15) is 0 Å². The van der Waals surface area contributed by atoms with Crippen LogP contribution in [0.1, 0.15) is 73.2 Å². The van der Waals surface area contributed by atoms with Gasteiger partial charge in [-0.15, -0.1) is 22.6 Å². The molecule has 2 atom stereocenters. The normalized spacial score (nSPS) is 20.3. The maximum Gasteiger partial charge on any atom is 0.272 e. The number of aromatic nitrogens is 4. The first-order valence-corrected chi connectivity index (χ1v) is 22.8. The maximum absolute atomic E-state index is 13.5. The summed E-state index contributed by atoms with van der Waals surface area (Å²) in [6.07, 6.45) is 6.66. The molecule has 4 aliphatic heterocycles. The zero-order chi connectivity index (χ0) is 44.5. The van der Waals surface area contributed by atoms with Gasteiger partial charge >= 0.3 is 0 Å². The highest BCUT2D eigenvalue weighted by molar-refractivity contribution is 7.99. The van der Waals surface area contributed by atoms with Crippen LogP contribution in [-0.4, -0.2) is 112 Å². The van der Waals surface area contributed by atoms with E-state index in [-0.39, 0.29) is 54.6 Å². The highest BCUT2D eigenvalue weighted by atomic mass is 35.5. The van der Waals surface area contributed by atoms with Crippen molar-refractivity contribution in [2.45, 2.75) is 73.6 Å². The highest BCUT2D eigenvalue weighted by Crippen LogP contribution is 2.32. The Hall–Kier alpha value is -5.77. The van der Waals surface area contributed by atoms with Crippen LogP contribution in [0, 0.1) is 0 Å². The molecule has 66 heavy (non-hydrogen) atoms. The smallest absolute Gasteiger partial charge is 0.272 e. The van der Waals surface area contributed by atoms with Crippen LogP contribution < -0.4 is 37.1 Å². The van der Waals surface area contributed by atoms with Gasteiger partial charge in [-0.1, -0.05) is 41.7 Å². The van der Waals surface area contributed by atoms with Crippen molar-refractivity contribution < 1.29 is 24.1 Å². The van der Waals surface area contributed by atoms with Crippen LogP contribution in [0.25, 0.3) is 0 Å². The summed E-state index contributed by atoms with van der Waals surface area (Å²) in [4.78, 5) is 68.4. The lowest BCUT2D eigenvalue weighted by molar-refractivity contribution is -0.281. The number of nitrogens with one attached hydrogen (secondary N) is 4. The lowest BCUT2D eigenvalue weighted by Crippen LogP contribution is -2.54. The monoisotopic (exact) mass is 933 g/mol. The summed E-state index contributed by atoms with van der Waals surface area (Å²) in [7, 11) is 0. The fourth-order valence-electron chi connectivity index (χ4n) is 9.07. The van der Waals surface area contributed by atoms with Crippen molar-refractivity contribution in [3.63, 3.8) is 0 Å². The Balaban J connectivity index is 0.00000548. The summed E-state index contributed by atoms with van der Waals surface area (Å²) in [6.45, 7) is 8.00. The lowest BCUT2D eigenvalue weighted by Gasteiger charge is -2.38. The number of fused-ring (bicyclic) bond motifs is 2. The first kappa shape index (κ1) is 45.4. The van der Waals surface area contributed by atoms with Gasteiger partial charge in [-0.3, -0.25) is 29.0 Å². The lowest BCUT2D eigenvalue weighted by atomic mass is 9.91. The molecule has 10 rings (SSSR count). The van der Waals surface area contributed by atoms with Gasteiger partial charge in [0.2, 0.25) is 6.35 Å². The maximum atomic E-state index is 13.5. The number of anilines is 3. The minimum atomic E-state index is -0.649. The second kappa shape index (κ2) is 19.6. The van der Waals surface area contributed by atoms with Crippen molar-refractivity contribution in [2.24, 2.45) is 5.73 Å². The zero-order valence-electron chi connectivity index (χ0n) is 36.4. The molecule has 2 aromatic heterocycles. The number of amides is 3. The Morgan fingerprint density at radius 1 is 0.864 bits per heavy atom. The number of carbonyl (C=O) groups is 3. The van der Waals surface area contributed by atoms with E-state index in [1.54, 1.807) is 23.2 Å². The second-order valence-electron chi connectivity index (χ2n) is 17.4. The predicted molar refractivity (Wildman–Crippen MR) is 250 cm³/mol. The summed E-state index contributed by atoms with van der Waals surface area (Å²) in [5.74, 6) is 0.988. The number of halogens is 1. The Labute approximate surface area is 392 Å². The molecular formula is C46H52ClN13O5S. The van der Waals surface area contributed by atoms with Gasteiger partial charge in [0, 0.05) is 79.1 Å². The van der Waals surface area contributed by atoms with Gasteiger partial charge in [0.1, 0.15) is 17.6 Å². The van der Waals surface area contributed by atoms with E-state index < -0.39 is 6.35 Å². The molecule has 3 saturated heterocycles. The molecule has 2 unspecified atom stereocenters. The van der Waals surface area contributed by atoms with Gasteiger partial charge in [-0.05, 0) is 103 Å². The summed E-state index contributed by atoms with van der Waals surface area (Å²) in [5, 5.41) is 18.4. The third kappa shape index (κ3) is 10.1. The van der Waals surface area contributed by atoms with Crippen LogP contribution in [0.2, 0.25) is 0 Å². The fraction of sp³-hybridized carbons (Fsp3) is 0.370. The number of carbonyl (C=O) groups excluding carboxylic acids is 3. The molecule has 5 aliphatic rings. The SMILES string of the molecule is CC1(N)CCN(c2cnc(Sc3cccc(NC(=O)c4ccc5c(c4)CC(N4CCN(c6ccc(C(=O)NCc7ccc8c(c7)CN(C7NCONO7)C8=O)nn6)CC4)C5)c3)cn2)CC1.Cl. The Kier molecular flexibility index (Phi) is 13.5. The third-order valence-electron chi connectivity index (χ3n) is 12.9. The van der Waals surface area contributed by atoms with E-state index in [2.05, 4.69) is 69.4 Å². The number of nitrogens with zero attached hydrogens (tertiary/aromatic N) is 8. The Bertz CT molecular complexity index is 2570. The van der Waals surface area contributed by atoms with Crippen LogP contribution in [0.5, 0.6) is 0 Å². The number of hydrogen-bond donors (Lipinski definition) is 5. The molecule has 3 fully saturated rings. The minimum Gasteiger partial charge on any atom is -0.355 e. The molecule has 20 heteroatoms. The van der Waals surface area contributed by atoms with E-state index in [1.807, 2.05) is 60.8 Å². The zero-order valence-corrected chi connectivity index (χ0v) is 38.1. The molecule has 0 spiro atoms. The van der Waals surface area contributed by atoms with Crippen molar-refractivity contribution in [1.82, 2.24) is 46.2 Å². The van der Waals surface area contributed by atoms with E-state index >= 15 is 0 Å². The van der Waals surface area contributed by atoms with Crippen LogP contribution in [0.3, 0.4) is 0 Å². The first-order valence-electron chi connectivity index (χ1n) is 22.0. The van der Waals surface area contributed by atoms with Gasteiger partial charge in [-0.25, -0.2) is 20.1 Å². The average molecular weight is 935 g/mol. The van der Waals surface area contributed by atoms with Crippen LogP contribution in [0.15, 0.2) is 95.1 Å². The standard InChI is InChI=1S/C46H51N13O5S.ClH/c1-46(47)11-13-57(14-12-46)40-25-49-41(26-48-40)65-36-4-2-3-34(23-36)52-42(60)31-7-6-30-21-35(22-32(30)20-31)56-15-17-58(18-16-56)39-10-9-38(53-54-39)43(61)50-24-29-5-8-37-33(19-29)27-59(44(37)62)45-51-28-63-55-64-45;/h2-10,19-20,23,25-26,35,45,51,55H,11-18,21-22,24,27-28,47H2,1H3,(H,50,61)(H,52,60);1H. The van der Waals surface area contributed by atoms with Crippen molar-refractivity contribution in [2.75, 3.05) is 61.1 Å². The van der Waals surface area contributed by atoms with E-state index in [9.17, 15) is 14.4 Å². The summed E-state index contributed by atoms with van der Waals surface area (Å²) >= 11 is 1.51. The number of benzene rings is 3. The molecule has 3 aromatic carbocycles. The van der Waals surface area contributed by atoms with Crippen LogP contribution in [-0.2, 0) is 35.6 Å². The molecule has 1 aliphatic carbocycles. The number of rotatable bonds is 11. The van der Waals surface area contributed by atoms with Crippen LogP contribution in [0.4, 0.5) is 17.3 Å². The fourth-order valence-corrected chi connectivity index (χ4v) is 9.85. The largest absolute Gasteiger partial charge is 0.355 e. The second-order valence-corrected chi connectivity index (χ2v) is 18.5. The Morgan fingerprint density at radius 2 is 1.68 bits per heavy atom. The van der Waals surface area contributed by atoms with Gasteiger partial charge in [0.05, 0.1) is 18.9 Å². The summed E-state index contributed by atoms with van der Waals surface area (Å²) in [6, 6.07) is 23.3. The van der Waals surface area contributed by atoms with Crippen molar-refractivity contribution in [3.05, 3.63) is 124 Å². The molecule has 3 amide bonds. The first-order chi connectivity index (χ1) is 31.6. The average Bonchev–Trinajstić information content (AvgIpc) is 3.92. The molecule has 344 valence electrons. The Morgan fingerprint density at radius 3 is 2.44 bits per heavy atom. The molecule has 18 nitrogen and oxygen atoms in total. The summed E-state index contributed by atoms with van der Waals surface area (Å²) < 4.78 is 0. The van der Waals surface area contributed by atoms with Crippen molar-refractivity contribution >= 4 is 59.2 Å². The summed E-state index contributed by atoms with van der Waals surface area (Å²) in [5.41, 5.74) is 14.9. The number of hydrogen-bond acceptors (Lipinski definition) is 16. The predicted octanol–water partition coefficient (Wildman–Crippen LogP) is 3.88. The minimum absolute atomic E-state index is 0. The van der Waals surface area contributed by atoms with E-state index in [0.29, 0.717) is 23.7 Å². The number of piperazine rings is 1. The topological polar surface area (TPSA) is 208 Å². The molecule has 0 bridgehead atoms. The quantitative estimate of drug-likeness (QED) is 0.127. The van der Waals surface area contributed by atoms with Crippen molar-refractivity contribution in [1.29, 1.82) is 0 Å². The molecule has 6 N–H and O–H groups in total. The number of piperidine rings is 1. The molecule has 0 saturated carbocycles. The molecule has 0 radical (unpaired) electrons. The number of nitrogens with two attached hydrogens (primary N) is 1. The molecule has 6 heterocycles. The van der Waals surface area contributed by atoms with E-state index in [0.717, 1.165) is 103 Å². The van der Waals surface area contributed by atoms with Gasteiger partial charge < -0.3 is 26.2 Å². The third-order valence-corrected chi connectivity index (χ3v) is 13.8. The van der Waals surface area contributed by atoms with E-state index in [4.69, 9.17) is 15.4 Å². The van der Waals surface area contributed by atoms with E-state index in [1.165, 1.54) is 22.9 Å². The van der Waals surface area contributed by atoms with Gasteiger partial charge in [0.25, 0.3) is 17.7 Å². The molecule has 5 aromatic rings.